The number of hydrogen-bond donors (Lipinski definition) is 1. The van der Waals surface area contributed by atoms with Crippen LogP contribution < -0.4 is 5.32 Å². The minimum atomic E-state index is -0.740. The van der Waals surface area contributed by atoms with E-state index in [1.54, 1.807) is 20.8 Å². The number of nitrogens with one attached hydrogen (secondary N) is 1. The number of alkyl carbamates (subject to hydrolysis) is 1. The maximum absolute atomic E-state index is 11.6. The number of methoxy groups -OCH3 is 2. The van der Waals surface area contributed by atoms with Gasteiger partial charge in [-0.15, -0.1) is 0 Å². The van der Waals surface area contributed by atoms with E-state index in [1.165, 1.54) is 14.2 Å². The highest BCUT2D eigenvalue weighted by atomic mass is 79.9. The first-order valence-corrected chi connectivity index (χ1v) is 5.96. The molecule has 0 spiro atoms. The fourth-order valence-corrected chi connectivity index (χ4v) is 1.43. The molecule has 0 heterocycles. The zero-order valence-electron chi connectivity index (χ0n) is 11.1. The smallest absolute Gasteiger partial charge is 0.412 e. The van der Waals surface area contributed by atoms with E-state index in [-0.39, 0.29) is 12.3 Å². The molecular formula is C11H18BrNO5. The molecule has 104 valence electrons. The van der Waals surface area contributed by atoms with E-state index in [9.17, 15) is 9.59 Å². The summed E-state index contributed by atoms with van der Waals surface area (Å²) >= 11 is 3.14. The Morgan fingerprint density at radius 2 is 1.78 bits per heavy atom. The van der Waals surface area contributed by atoms with Crippen molar-refractivity contribution in [3.05, 3.63) is 10.2 Å². The summed E-state index contributed by atoms with van der Waals surface area (Å²) in [5.74, 6) is -0.690. The van der Waals surface area contributed by atoms with Crippen LogP contribution in [-0.2, 0) is 19.0 Å². The minimum Gasteiger partial charge on any atom is -0.464 e. The summed E-state index contributed by atoms with van der Waals surface area (Å²) in [5, 5.41) is 2.33. The van der Waals surface area contributed by atoms with Crippen molar-refractivity contribution in [2.24, 2.45) is 0 Å². The lowest BCUT2D eigenvalue weighted by Gasteiger charge is -2.20. The van der Waals surface area contributed by atoms with Crippen molar-refractivity contribution in [2.75, 3.05) is 20.8 Å². The van der Waals surface area contributed by atoms with Gasteiger partial charge in [0.25, 0.3) is 0 Å². The van der Waals surface area contributed by atoms with Crippen molar-refractivity contribution < 1.29 is 23.8 Å². The molecule has 0 aromatic heterocycles. The summed E-state index contributed by atoms with van der Waals surface area (Å²) in [5.41, 5.74) is -0.701. The SMILES string of the molecule is COC/C(Br)=C(\NC(=O)OC(C)(C)C)C(=O)OC. The van der Waals surface area contributed by atoms with Gasteiger partial charge in [0.2, 0.25) is 0 Å². The molecule has 0 aliphatic carbocycles. The van der Waals surface area contributed by atoms with E-state index in [1.807, 2.05) is 0 Å². The van der Waals surface area contributed by atoms with Gasteiger partial charge in [-0.05, 0) is 20.8 Å². The lowest BCUT2D eigenvalue weighted by atomic mass is 10.2. The third-order valence-electron chi connectivity index (χ3n) is 1.56. The topological polar surface area (TPSA) is 73.9 Å². The molecule has 7 heteroatoms. The quantitative estimate of drug-likeness (QED) is 0.632. The third-order valence-corrected chi connectivity index (χ3v) is 2.18. The van der Waals surface area contributed by atoms with Crippen molar-refractivity contribution in [1.82, 2.24) is 5.32 Å². The molecule has 1 N–H and O–H groups in total. The zero-order valence-corrected chi connectivity index (χ0v) is 12.7. The largest absolute Gasteiger partial charge is 0.464 e. The molecule has 0 radical (unpaired) electrons. The van der Waals surface area contributed by atoms with Crippen molar-refractivity contribution >= 4 is 28.0 Å². The number of esters is 1. The average molecular weight is 324 g/mol. The van der Waals surface area contributed by atoms with E-state index in [2.05, 4.69) is 26.0 Å². The Morgan fingerprint density at radius 3 is 2.17 bits per heavy atom. The van der Waals surface area contributed by atoms with Gasteiger partial charge in [0.05, 0.1) is 18.2 Å². The van der Waals surface area contributed by atoms with Crippen molar-refractivity contribution in [3.8, 4) is 0 Å². The van der Waals surface area contributed by atoms with E-state index in [0.29, 0.717) is 4.48 Å². The molecule has 0 aromatic rings. The average Bonchev–Trinajstić information content (AvgIpc) is 2.22. The number of amides is 1. The zero-order chi connectivity index (χ0) is 14.3. The molecular weight excluding hydrogens is 306 g/mol. The molecule has 6 nitrogen and oxygen atoms in total. The maximum Gasteiger partial charge on any atom is 0.412 e. The highest BCUT2D eigenvalue weighted by Gasteiger charge is 2.22. The molecule has 0 aliphatic heterocycles. The molecule has 0 bridgehead atoms. The molecule has 0 unspecified atom stereocenters. The first kappa shape index (κ1) is 16.9. The van der Waals surface area contributed by atoms with Crippen LogP contribution in [0.15, 0.2) is 10.2 Å². The number of halogens is 1. The molecule has 0 fully saturated rings. The highest BCUT2D eigenvalue weighted by Crippen LogP contribution is 2.13. The van der Waals surface area contributed by atoms with Crippen molar-refractivity contribution in [2.45, 2.75) is 26.4 Å². The third kappa shape index (κ3) is 6.61. The van der Waals surface area contributed by atoms with Gasteiger partial charge in [-0.3, -0.25) is 5.32 Å². The summed E-state index contributed by atoms with van der Waals surface area (Å²) < 4.78 is 14.8. The number of carbonyl (C=O) groups is 2. The summed E-state index contributed by atoms with van der Waals surface area (Å²) in [4.78, 5) is 23.1. The Morgan fingerprint density at radius 1 is 1.22 bits per heavy atom. The van der Waals surface area contributed by atoms with Crippen LogP contribution in [0.1, 0.15) is 20.8 Å². The second-order valence-corrected chi connectivity index (χ2v) is 5.29. The standard InChI is InChI=1S/C11H18BrNO5/c1-11(2,3)18-10(15)13-8(9(14)17-5)7(12)6-16-4/h6H2,1-5H3,(H,13,15)/b8-7+. The molecule has 18 heavy (non-hydrogen) atoms. The Bertz CT molecular complexity index is 346. The maximum atomic E-state index is 11.6. The van der Waals surface area contributed by atoms with Crippen molar-refractivity contribution in [3.63, 3.8) is 0 Å². The normalized spacial score (nSPS) is 12.6. The lowest BCUT2D eigenvalue weighted by Crippen LogP contribution is -2.35. The fourth-order valence-electron chi connectivity index (χ4n) is 0.936. The van der Waals surface area contributed by atoms with Gasteiger partial charge in [0, 0.05) is 7.11 Å². The first-order chi connectivity index (χ1) is 8.21. The highest BCUT2D eigenvalue weighted by molar-refractivity contribution is 9.11. The van der Waals surface area contributed by atoms with Crippen LogP contribution >= 0.6 is 15.9 Å². The Hall–Kier alpha value is -1.08. The predicted octanol–water partition coefficient (Wildman–Crippen LogP) is 1.94. The van der Waals surface area contributed by atoms with Gasteiger partial charge in [0.15, 0.2) is 0 Å². The molecule has 0 rings (SSSR count). The number of hydrogen-bond acceptors (Lipinski definition) is 5. The van der Waals surface area contributed by atoms with Crippen LogP contribution in [0.3, 0.4) is 0 Å². The van der Waals surface area contributed by atoms with Crippen LogP contribution in [0.25, 0.3) is 0 Å². The molecule has 0 aromatic carbocycles. The van der Waals surface area contributed by atoms with Crippen LogP contribution in [0.2, 0.25) is 0 Å². The fraction of sp³-hybridized carbons (Fsp3) is 0.636. The van der Waals surface area contributed by atoms with Gasteiger partial charge >= 0.3 is 12.1 Å². The second kappa shape index (κ2) is 7.38. The van der Waals surface area contributed by atoms with Gasteiger partial charge in [-0.1, -0.05) is 15.9 Å². The van der Waals surface area contributed by atoms with E-state index >= 15 is 0 Å². The lowest BCUT2D eigenvalue weighted by molar-refractivity contribution is -0.136. The molecule has 0 saturated heterocycles. The molecule has 1 amide bonds. The molecule has 0 saturated carbocycles. The van der Waals surface area contributed by atoms with Crippen LogP contribution in [0.4, 0.5) is 4.79 Å². The van der Waals surface area contributed by atoms with E-state index < -0.39 is 17.7 Å². The van der Waals surface area contributed by atoms with Crippen LogP contribution in [-0.4, -0.2) is 38.5 Å². The van der Waals surface area contributed by atoms with Gasteiger partial charge < -0.3 is 14.2 Å². The summed E-state index contributed by atoms with van der Waals surface area (Å²) in [6.07, 6.45) is -0.740. The number of carbonyl (C=O) groups excluding carboxylic acids is 2. The van der Waals surface area contributed by atoms with Crippen molar-refractivity contribution in [1.29, 1.82) is 0 Å². The summed E-state index contributed by atoms with van der Waals surface area (Å²) in [6, 6.07) is 0. The number of ether oxygens (including phenoxy) is 3. The molecule has 0 aliphatic rings. The van der Waals surface area contributed by atoms with Crippen LogP contribution in [0.5, 0.6) is 0 Å². The summed E-state index contributed by atoms with van der Waals surface area (Å²) in [7, 11) is 2.68. The van der Waals surface area contributed by atoms with Gasteiger partial charge in [-0.25, -0.2) is 9.59 Å². The Balaban J connectivity index is 4.87. The van der Waals surface area contributed by atoms with E-state index in [0.717, 1.165) is 0 Å². The predicted molar refractivity (Wildman–Crippen MR) is 69.2 cm³/mol. The Labute approximate surface area is 115 Å². The van der Waals surface area contributed by atoms with Gasteiger partial charge in [0.1, 0.15) is 11.3 Å². The van der Waals surface area contributed by atoms with E-state index in [4.69, 9.17) is 9.47 Å². The van der Waals surface area contributed by atoms with Gasteiger partial charge in [-0.2, -0.15) is 0 Å². The Kier molecular flexibility index (Phi) is 6.93. The summed E-state index contributed by atoms with van der Waals surface area (Å²) in [6.45, 7) is 5.29. The minimum absolute atomic E-state index is 0.0476. The second-order valence-electron chi connectivity index (χ2n) is 4.33. The monoisotopic (exact) mass is 323 g/mol. The molecule has 0 atom stereocenters. The first-order valence-electron chi connectivity index (χ1n) is 5.17. The van der Waals surface area contributed by atoms with Crippen LogP contribution in [0, 0.1) is 0 Å². The number of rotatable bonds is 4.